The fourth-order valence-corrected chi connectivity index (χ4v) is 2.90. The maximum absolute atomic E-state index is 12.7. The number of carbonyl (C=O) groups is 2. The van der Waals surface area contributed by atoms with E-state index in [2.05, 4.69) is 0 Å². The van der Waals surface area contributed by atoms with Crippen LogP contribution >= 0.6 is 0 Å². The lowest BCUT2D eigenvalue weighted by Crippen LogP contribution is -2.39. The molecule has 1 aromatic rings. The Morgan fingerprint density at radius 3 is 2.72 bits per heavy atom. The van der Waals surface area contributed by atoms with Gasteiger partial charge in [-0.2, -0.15) is 0 Å². The van der Waals surface area contributed by atoms with Crippen molar-refractivity contribution in [2.24, 2.45) is 11.3 Å². The summed E-state index contributed by atoms with van der Waals surface area (Å²) in [4.78, 5) is 23.9. The van der Waals surface area contributed by atoms with E-state index in [1.165, 1.54) is 0 Å². The molecule has 0 aromatic heterocycles. The Morgan fingerprint density at radius 1 is 1.39 bits per heavy atom. The first-order valence-corrected chi connectivity index (χ1v) is 6.57. The van der Waals surface area contributed by atoms with Gasteiger partial charge in [-0.15, -0.1) is 0 Å². The zero-order chi connectivity index (χ0) is 13.3. The van der Waals surface area contributed by atoms with Crippen LogP contribution in [-0.2, 0) is 11.2 Å². The molecule has 1 aliphatic carbocycles. The molecule has 0 N–H and O–H groups in total. The van der Waals surface area contributed by atoms with Crippen molar-refractivity contribution in [1.29, 1.82) is 0 Å². The fraction of sp³-hybridized carbons (Fsp3) is 0.500. The summed E-state index contributed by atoms with van der Waals surface area (Å²) in [7, 11) is 0. The van der Waals surface area contributed by atoms with Crippen molar-refractivity contribution in [2.75, 3.05) is 0 Å². The van der Waals surface area contributed by atoms with E-state index in [0.29, 0.717) is 6.42 Å². The van der Waals surface area contributed by atoms with Gasteiger partial charge in [0.2, 0.25) is 0 Å². The molecule has 0 fully saturated rings. The first kappa shape index (κ1) is 13.0. The van der Waals surface area contributed by atoms with Gasteiger partial charge in [-0.25, -0.2) is 0 Å². The van der Waals surface area contributed by atoms with Gasteiger partial charge in [0, 0.05) is 17.4 Å². The second-order valence-corrected chi connectivity index (χ2v) is 5.71. The van der Waals surface area contributed by atoms with Gasteiger partial charge < -0.3 is 4.79 Å². The van der Waals surface area contributed by atoms with Crippen LogP contribution in [0.3, 0.4) is 0 Å². The molecule has 1 aromatic carbocycles. The van der Waals surface area contributed by atoms with Crippen LogP contribution in [0.4, 0.5) is 0 Å². The number of benzene rings is 1. The second kappa shape index (κ2) is 4.68. The Kier molecular flexibility index (Phi) is 3.38. The molecule has 2 rings (SSSR count). The van der Waals surface area contributed by atoms with Crippen molar-refractivity contribution in [1.82, 2.24) is 0 Å². The molecular formula is C16H20O2. The summed E-state index contributed by atoms with van der Waals surface area (Å²) >= 11 is 0. The van der Waals surface area contributed by atoms with E-state index in [1.807, 2.05) is 38.1 Å². The largest absolute Gasteiger partial charge is 0.300 e. The van der Waals surface area contributed by atoms with Gasteiger partial charge in [0.05, 0.1) is 0 Å². The number of carbonyl (C=O) groups excluding carboxylic acids is 2. The van der Waals surface area contributed by atoms with Crippen LogP contribution < -0.4 is 0 Å². The summed E-state index contributed by atoms with van der Waals surface area (Å²) in [5.41, 5.74) is 1.61. The van der Waals surface area contributed by atoms with E-state index >= 15 is 0 Å². The molecule has 0 heterocycles. The van der Waals surface area contributed by atoms with Crippen LogP contribution in [0.2, 0.25) is 0 Å². The minimum atomic E-state index is -0.389. The quantitative estimate of drug-likeness (QED) is 0.816. The molecule has 2 heteroatoms. The standard InChI is InChI=1S/C16H20O2/c1-11(10-12(2)17)16(3)9-8-13-6-4-5-7-14(13)15(16)18/h4-7,11H,8-10H2,1-3H3. The van der Waals surface area contributed by atoms with Crippen molar-refractivity contribution in [3.05, 3.63) is 35.4 Å². The molecule has 0 saturated carbocycles. The lowest BCUT2D eigenvalue weighted by molar-refractivity contribution is -0.118. The molecule has 2 unspecified atom stereocenters. The molecule has 2 atom stereocenters. The summed E-state index contributed by atoms with van der Waals surface area (Å²) < 4.78 is 0. The molecule has 2 nitrogen and oxygen atoms in total. The number of fused-ring (bicyclic) bond motifs is 1. The summed E-state index contributed by atoms with van der Waals surface area (Å²) in [5.74, 6) is 0.476. The highest BCUT2D eigenvalue weighted by atomic mass is 16.1. The normalized spacial score (nSPS) is 24.5. The molecule has 0 saturated heterocycles. The van der Waals surface area contributed by atoms with Crippen LogP contribution in [-0.4, -0.2) is 11.6 Å². The van der Waals surface area contributed by atoms with Crippen LogP contribution in [0.25, 0.3) is 0 Å². The number of ketones is 2. The first-order valence-electron chi connectivity index (χ1n) is 6.57. The summed E-state index contributed by atoms with van der Waals surface area (Å²) in [6.07, 6.45) is 2.27. The molecule has 1 aliphatic rings. The smallest absolute Gasteiger partial charge is 0.169 e. The van der Waals surface area contributed by atoms with Gasteiger partial charge in [-0.05, 0) is 31.2 Å². The minimum Gasteiger partial charge on any atom is -0.300 e. The minimum absolute atomic E-state index is 0.107. The molecule has 0 aliphatic heterocycles. The fourth-order valence-electron chi connectivity index (χ4n) is 2.90. The van der Waals surface area contributed by atoms with Crippen molar-refractivity contribution >= 4 is 11.6 Å². The van der Waals surface area contributed by atoms with Crippen molar-refractivity contribution in [3.8, 4) is 0 Å². The molecule has 0 bridgehead atoms. The number of rotatable bonds is 3. The van der Waals surface area contributed by atoms with E-state index in [1.54, 1.807) is 6.92 Å². The van der Waals surface area contributed by atoms with Gasteiger partial charge in [0.1, 0.15) is 5.78 Å². The second-order valence-electron chi connectivity index (χ2n) is 5.71. The maximum atomic E-state index is 12.7. The Bertz CT molecular complexity index is 490. The van der Waals surface area contributed by atoms with E-state index in [-0.39, 0.29) is 22.9 Å². The van der Waals surface area contributed by atoms with Crippen molar-refractivity contribution < 1.29 is 9.59 Å². The molecule has 96 valence electrons. The van der Waals surface area contributed by atoms with Crippen molar-refractivity contribution in [2.45, 2.75) is 40.0 Å². The number of aryl methyl sites for hydroxylation is 1. The van der Waals surface area contributed by atoms with Crippen LogP contribution in [0.1, 0.15) is 49.5 Å². The molecule has 0 amide bonds. The van der Waals surface area contributed by atoms with Crippen LogP contribution in [0.15, 0.2) is 24.3 Å². The van der Waals surface area contributed by atoms with Gasteiger partial charge in [0.15, 0.2) is 5.78 Å². The summed E-state index contributed by atoms with van der Waals surface area (Å²) in [5, 5.41) is 0. The Hall–Kier alpha value is -1.44. The van der Waals surface area contributed by atoms with Crippen LogP contribution in [0.5, 0.6) is 0 Å². The Balaban J connectivity index is 2.32. The third-order valence-corrected chi connectivity index (χ3v) is 4.38. The lowest BCUT2D eigenvalue weighted by atomic mass is 9.64. The average Bonchev–Trinajstić information content (AvgIpc) is 2.33. The van der Waals surface area contributed by atoms with Gasteiger partial charge in [0.25, 0.3) is 0 Å². The highest BCUT2D eigenvalue weighted by Crippen LogP contribution is 2.42. The van der Waals surface area contributed by atoms with Crippen molar-refractivity contribution in [3.63, 3.8) is 0 Å². The van der Waals surface area contributed by atoms with E-state index in [9.17, 15) is 9.59 Å². The first-order chi connectivity index (χ1) is 8.45. The number of hydrogen-bond donors (Lipinski definition) is 0. The zero-order valence-corrected chi connectivity index (χ0v) is 11.3. The van der Waals surface area contributed by atoms with Gasteiger partial charge >= 0.3 is 0 Å². The molecule has 0 radical (unpaired) electrons. The Morgan fingerprint density at radius 2 is 2.06 bits per heavy atom. The predicted octanol–water partition coefficient (Wildman–Crippen LogP) is 3.44. The monoisotopic (exact) mass is 244 g/mol. The van der Waals surface area contributed by atoms with E-state index < -0.39 is 0 Å². The maximum Gasteiger partial charge on any atom is 0.169 e. The number of hydrogen-bond acceptors (Lipinski definition) is 2. The summed E-state index contributed by atoms with van der Waals surface area (Å²) in [6, 6.07) is 7.84. The Labute approximate surface area is 108 Å². The predicted molar refractivity (Wildman–Crippen MR) is 71.7 cm³/mol. The molecule has 18 heavy (non-hydrogen) atoms. The number of Topliss-reactive ketones (excluding diaryl/α,β-unsaturated/α-hetero) is 2. The van der Waals surface area contributed by atoms with Gasteiger partial charge in [-0.3, -0.25) is 4.79 Å². The van der Waals surface area contributed by atoms with E-state index in [4.69, 9.17) is 0 Å². The summed E-state index contributed by atoms with van der Waals surface area (Å²) in [6.45, 7) is 5.63. The topological polar surface area (TPSA) is 34.1 Å². The molecule has 0 spiro atoms. The highest BCUT2D eigenvalue weighted by molar-refractivity contribution is 6.03. The third kappa shape index (κ3) is 2.12. The lowest BCUT2D eigenvalue weighted by Gasteiger charge is -2.38. The SMILES string of the molecule is CC(=O)CC(C)C1(C)CCc2ccccc2C1=O. The van der Waals surface area contributed by atoms with Gasteiger partial charge in [-0.1, -0.05) is 38.1 Å². The third-order valence-electron chi connectivity index (χ3n) is 4.38. The van der Waals surface area contributed by atoms with Crippen LogP contribution in [0, 0.1) is 11.3 Å². The van der Waals surface area contributed by atoms with E-state index in [0.717, 1.165) is 24.0 Å². The highest BCUT2D eigenvalue weighted by Gasteiger charge is 2.42. The molecular weight excluding hydrogens is 224 g/mol. The zero-order valence-electron chi connectivity index (χ0n) is 11.3. The average molecular weight is 244 g/mol.